The van der Waals surface area contributed by atoms with Crippen LogP contribution in [0, 0.1) is 0 Å². The summed E-state index contributed by atoms with van der Waals surface area (Å²) >= 11 is 1.51. The lowest BCUT2D eigenvalue weighted by molar-refractivity contribution is -0.136. The van der Waals surface area contributed by atoms with Gasteiger partial charge in [-0.15, -0.1) is 11.8 Å². The fourth-order valence-electron chi connectivity index (χ4n) is 2.98. The predicted molar refractivity (Wildman–Crippen MR) is 104 cm³/mol. The van der Waals surface area contributed by atoms with Gasteiger partial charge in [0.25, 0.3) is 0 Å². The Hall–Kier alpha value is -2.29. The number of carbonyl (C=O) groups excluding carboxylic acids is 2. The standard InChI is InChI=1S/C19H23N3O4S/c1-27-17-7-3-2-5-14(17)21-19(24)18(23)20-13-15(16-6-4-10-26-16)22-8-11-25-12-9-22/h2-7,10,15H,8-9,11-13H2,1H3,(H,20,23)(H,21,24). The summed E-state index contributed by atoms with van der Waals surface area (Å²) in [6, 6.07) is 10.9. The van der Waals surface area contributed by atoms with E-state index < -0.39 is 11.8 Å². The number of nitrogens with one attached hydrogen (secondary N) is 2. The average molecular weight is 389 g/mol. The van der Waals surface area contributed by atoms with E-state index in [1.54, 1.807) is 12.3 Å². The highest BCUT2D eigenvalue weighted by atomic mass is 32.2. The zero-order valence-electron chi connectivity index (χ0n) is 15.1. The van der Waals surface area contributed by atoms with E-state index in [2.05, 4.69) is 15.5 Å². The lowest BCUT2D eigenvalue weighted by Crippen LogP contribution is -2.45. The van der Waals surface area contributed by atoms with Crippen LogP contribution in [0.4, 0.5) is 5.69 Å². The fourth-order valence-corrected chi connectivity index (χ4v) is 3.53. The van der Waals surface area contributed by atoms with Crippen molar-refractivity contribution in [1.82, 2.24) is 10.2 Å². The van der Waals surface area contributed by atoms with E-state index in [-0.39, 0.29) is 12.6 Å². The van der Waals surface area contributed by atoms with Gasteiger partial charge >= 0.3 is 11.8 Å². The number of hydrogen-bond donors (Lipinski definition) is 2. The Morgan fingerprint density at radius 2 is 1.93 bits per heavy atom. The third-order valence-corrected chi connectivity index (χ3v) is 5.17. The summed E-state index contributed by atoms with van der Waals surface area (Å²) in [6.07, 6.45) is 3.53. The number of ether oxygens (including phenoxy) is 1. The number of thioether (sulfide) groups is 1. The highest BCUT2D eigenvalue weighted by Crippen LogP contribution is 2.24. The Kier molecular flexibility index (Phi) is 6.92. The second-order valence-electron chi connectivity index (χ2n) is 6.04. The number of para-hydroxylation sites is 1. The van der Waals surface area contributed by atoms with Crippen LogP contribution in [0.5, 0.6) is 0 Å². The molecule has 27 heavy (non-hydrogen) atoms. The number of furan rings is 1. The number of benzene rings is 1. The topological polar surface area (TPSA) is 83.8 Å². The van der Waals surface area contributed by atoms with Crippen LogP contribution >= 0.6 is 11.8 Å². The van der Waals surface area contributed by atoms with E-state index in [0.717, 1.165) is 23.7 Å². The van der Waals surface area contributed by atoms with Gasteiger partial charge in [0.1, 0.15) is 5.76 Å². The molecular formula is C19H23N3O4S. The van der Waals surface area contributed by atoms with Crippen molar-refractivity contribution in [3.8, 4) is 0 Å². The predicted octanol–water partition coefficient (Wildman–Crippen LogP) is 2.13. The molecule has 2 amide bonds. The van der Waals surface area contributed by atoms with Crippen LogP contribution in [-0.4, -0.2) is 55.8 Å². The Bertz CT molecular complexity index is 760. The number of amides is 2. The molecule has 1 aliphatic rings. The average Bonchev–Trinajstić information content (AvgIpc) is 3.23. The molecule has 0 aliphatic carbocycles. The minimum absolute atomic E-state index is 0.140. The summed E-state index contributed by atoms with van der Waals surface area (Å²) in [6.45, 7) is 3.04. The molecule has 1 unspecified atom stereocenters. The summed E-state index contributed by atoms with van der Waals surface area (Å²) in [4.78, 5) is 27.7. The van der Waals surface area contributed by atoms with Crippen molar-refractivity contribution in [1.29, 1.82) is 0 Å². The second-order valence-corrected chi connectivity index (χ2v) is 6.89. The van der Waals surface area contributed by atoms with Crippen molar-refractivity contribution in [2.45, 2.75) is 10.9 Å². The highest BCUT2D eigenvalue weighted by Gasteiger charge is 2.26. The number of hydrogen-bond acceptors (Lipinski definition) is 6. The molecule has 1 saturated heterocycles. The van der Waals surface area contributed by atoms with Crippen LogP contribution in [0.2, 0.25) is 0 Å². The van der Waals surface area contributed by atoms with Gasteiger partial charge in [0, 0.05) is 24.5 Å². The molecule has 1 aliphatic heterocycles. The van der Waals surface area contributed by atoms with Crippen molar-refractivity contribution in [2.75, 3.05) is 44.4 Å². The lowest BCUT2D eigenvalue weighted by Gasteiger charge is -2.33. The van der Waals surface area contributed by atoms with Gasteiger partial charge < -0.3 is 19.8 Å². The fraction of sp³-hybridized carbons (Fsp3) is 0.368. The van der Waals surface area contributed by atoms with Crippen LogP contribution in [0.1, 0.15) is 11.8 Å². The number of anilines is 1. The van der Waals surface area contributed by atoms with Crippen molar-refractivity contribution >= 4 is 29.3 Å². The van der Waals surface area contributed by atoms with Gasteiger partial charge in [-0.2, -0.15) is 0 Å². The SMILES string of the molecule is CSc1ccccc1NC(=O)C(=O)NCC(c1ccco1)N1CCOCC1. The second kappa shape index (κ2) is 9.59. The van der Waals surface area contributed by atoms with Crippen molar-refractivity contribution < 1.29 is 18.7 Å². The number of morpholine rings is 1. The van der Waals surface area contributed by atoms with Crippen LogP contribution in [0.3, 0.4) is 0 Å². The van der Waals surface area contributed by atoms with Crippen molar-refractivity contribution in [3.05, 3.63) is 48.4 Å². The van der Waals surface area contributed by atoms with Crippen LogP contribution in [0.25, 0.3) is 0 Å². The summed E-state index contributed by atoms with van der Waals surface area (Å²) in [5.74, 6) is -0.599. The van der Waals surface area contributed by atoms with Gasteiger partial charge in [0.2, 0.25) is 0 Å². The summed E-state index contributed by atoms with van der Waals surface area (Å²) < 4.78 is 10.9. The van der Waals surface area contributed by atoms with Gasteiger partial charge in [0.15, 0.2) is 0 Å². The summed E-state index contributed by atoms with van der Waals surface area (Å²) in [7, 11) is 0. The summed E-state index contributed by atoms with van der Waals surface area (Å²) in [5.41, 5.74) is 0.626. The van der Waals surface area contributed by atoms with E-state index >= 15 is 0 Å². The molecule has 2 N–H and O–H groups in total. The van der Waals surface area contributed by atoms with Gasteiger partial charge in [-0.25, -0.2) is 0 Å². The molecule has 0 saturated carbocycles. The first-order valence-electron chi connectivity index (χ1n) is 8.76. The lowest BCUT2D eigenvalue weighted by atomic mass is 10.1. The zero-order chi connectivity index (χ0) is 19.1. The quantitative estimate of drug-likeness (QED) is 0.582. The van der Waals surface area contributed by atoms with Gasteiger partial charge in [-0.3, -0.25) is 14.5 Å². The largest absolute Gasteiger partial charge is 0.468 e. The normalized spacial score (nSPS) is 15.9. The van der Waals surface area contributed by atoms with Gasteiger partial charge in [-0.1, -0.05) is 12.1 Å². The van der Waals surface area contributed by atoms with E-state index in [1.807, 2.05) is 36.6 Å². The molecule has 7 nitrogen and oxygen atoms in total. The van der Waals surface area contributed by atoms with Crippen LogP contribution < -0.4 is 10.6 Å². The van der Waals surface area contributed by atoms with Crippen LogP contribution in [0.15, 0.2) is 52.0 Å². The molecule has 144 valence electrons. The minimum Gasteiger partial charge on any atom is -0.468 e. The van der Waals surface area contributed by atoms with Gasteiger partial charge in [-0.05, 0) is 30.5 Å². The molecule has 2 heterocycles. The first-order valence-corrected chi connectivity index (χ1v) is 9.99. The maximum atomic E-state index is 12.3. The van der Waals surface area contributed by atoms with Crippen LogP contribution in [-0.2, 0) is 14.3 Å². The van der Waals surface area contributed by atoms with E-state index in [9.17, 15) is 9.59 Å². The molecule has 1 aromatic heterocycles. The monoisotopic (exact) mass is 389 g/mol. The van der Waals surface area contributed by atoms with Crippen molar-refractivity contribution in [2.24, 2.45) is 0 Å². The Morgan fingerprint density at radius 1 is 1.15 bits per heavy atom. The highest BCUT2D eigenvalue weighted by molar-refractivity contribution is 7.98. The molecule has 0 spiro atoms. The molecule has 1 atom stereocenters. The summed E-state index contributed by atoms with van der Waals surface area (Å²) in [5, 5.41) is 5.40. The first kappa shape index (κ1) is 19.5. The Labute approximate surface area is 162 Å². The smallest absolute Gasteiger partial charge is 0.313 e. The zero-order valence-corrected chi connectivity index (χ0v) is 16.0. The maximum absolute atomic E-state index is 12.3. The third-order valence-electron chi connectivity index (χ3n) is 4.38. The molecule has 1 fully saturated rings. The number of nitrogens with zero attached hydrogens (tertiary/aromatic N) is 1. The van der Waals surface area contributed by atoms with E-state index in [4.69, 9.17) is 9.15 Å². The minimum atomic E-state index is -0.684. The van der Waals surface area contributed by atoms with E-state index in [0.29, 0.717) is 18.9 Å². The van der Waals surface area contributed by atoms with Crippen molar-refractivity contribution in [3.63, 3.8) is 0 Å². The molecule has 0 bridgehead atoms. The molecular weight excluding hydrogens is 366 g/mol. The van der Waals surface area contributed by atoms with E-state index in [1.165, 1.54) is 11.8 Å². The van der Waals surface area contributed by atoms with Gasteiger partial charge in [0.05, 0.1) is 31.2 Å². The third kappa shape index (κ3) is 5.12. The first-order chi connectivity index (χ1) is 13.2. The number of rotatable bonds is 6. The molecule has 8 heteroatoms. The Morgan fingerprint density at radius 3 is 2.63 bits per heavy atom. The molecule has 0 radical (unpaired) electrons. The number of carbonyl (C=O) groups is 2. The molecule has 2 aromatic rings. The maximum Gasteiger partial charge on any atom is 0.313 e. The molecule has 1 aromatic carbocycles. The Balaban J connectivity index is 1.60. The molecule has 3 rings (SSSR count).